The minimum Gasteiger partial charge on any atom is -0.342 e. The van der Waals surface area contributed by atoms with Crippen LogP contribution in [0.1, 0.15) is 44.1 Å². The summed E-state index contributed by atoms with van der Waals surface area (Å²) in [6.07, 6.45) is 5.83. The van der Waals surface area contributed by atoms with E-state index < -0.39 is 10.0 Å². The van der Waals surface area contributed by atoms with Gasteiger partial charge in [-0.3, -0.25) is 4.79 Å². The first-order chi connectivity index (χ1) is 12.9. The number of nitrogens with zero attached hydrogens (tertiary/aromatic N) is 2. The Morgan fingerprint density at radius 3 is 2.26 bits per heavy atom. The Morgan fingerprint density at radius 1 is 1.00 bits per heavy atom. The normalized spacial score (nSPS) is 22.4. The summed E-state index contributed by atoms with van der Waals surface area (Å²) in [4.78, 5) is 14.8. The number of sulfonamides is 1. The lowest BCUT2D eigenvalue weighted by Gasteiger charge is -2.34. The van der Waals surface area contributed by atoms with Gasteiger partial charge in [0.15, 0.2) is 0 Å². The van der Waals surface area contributed by atoms with Gasteiger partial charge in [0, 0.05) is 41.8 Å². The molecular formula is C19H26Cl2N2O3S. The molecule has 1 atom stereocenters. The Bertz CT molecular complexity index is 757. The Morgan fingerprint density at radius 2 is 1.63 bits per heavy atom. The minimum absolute atomic E-state index is 0.104. The summed E-state index contributed by atoms with van der Waals surface area (Å²) in [7, 11) is -3.59. The highest BCUT2D eigenvalue weighted by Crippen LogP contribution is 2.29. The molecular weight excluding hydrogens is 407 g/mol. The number of amides is 1. The van der Waals surface area contributed by atoms with Gasteiger partial charge in [0.25, 0.3) is 0 Å². The third-order valence-corrected chi connectivity index (χ3v) is 7.91. The molecule has 0 bridgehead atoms. The Balaban J connectivity index is 1.70. The molecule has 0 unspecified atom stereocenters. The smallest absolute Gasteiger partial charge is 0.227 e. The highest BCUT2D eigenvalue weighted by Gasteiger charge is 2.35. The van der Waals surface area contributed by atoms with Gasteiger partial charge in [-0.25, -0.2) is 12.7 Å². The molecule has 3 rings (SSSR count). The lowest BCUT2D eigenvalue weighted by molar-refractivity contribution is -0.136. The number of hydrogen-bond donors (Lipinski definition) is 0. The van der Waals surface area contributed by atoms with Crippen LogP contribution in [0.4, 0.5) is 0 Å². The van der Waals surface area contributed by atoms with E-state index in [9.17, 15) is 13.2 Å². The molecule has 1 amide bonds. The zero-order valence-electron chi connectivity index (χ0n) is 15.4. The molecule has 1 aromatic carbocycles. The summed E-state index contributed by atoms with van der Waals surface area (Å²) in [6, 6.07) is 4.97. The molecule has 1 aromatic rings. The van der Waals surface area contributed by atoms with Crippen molar-refractivity contribution in [2.45, 2.75) is 44.3 Å². The van der Waals surface area contributed by atoms with Crippen LogP contribution >= 0.6 is 23.2 Å². The number of carbonyl (C=O) groups excluding carboxylic acids is 1. The summed E-state index contributed by atoms with van der Waals surface area (Å²) in [5.41, 5.74) is 0.418. The summed E-state index contributed by atoms with van der Waals surface area (Å²) >= 11 is 12.3. The van der Waals surface area contributed by atoms with Crippen molar-refractivity contribution in [3.8, 4) is 0 Å². The maximum Gasteiger partial charge on any atom is 0.227 e. The van der Waals surface area contributed by atoms with Crippen molar-refractivity contribution in [1.29, 1.82) is 0 Å². The highest BCUT2D eigenvalue weighted by atomic mass is 35.5. The molecule has 2 saturated heterocycles. The van der Waals surface area contributed by atoms with Crippen molar-refractivity contribution in [2.75, 3.05) is 26.2 Å². The van der Waals surface area contributed by atoms with Crippen LogP contribution in [0.25, 0.3) is 0 Å². The molecule has 0 aliphatic carbocycles. The number of piperidine rings is 1. The molecule has 2 heterocycles. The number of carbonyl (C=O) groups is 1. The average Bonchev–Trinajstić information content (AvgIpc) is 2.94. The van der Waals surface area contributed by atoms with Gasteiger partial charge in [-0.15, -0.1) is 0 Å². The van der Waals surface area contributed by atoms with E-state index in [1.807, 2.05) is 4.90 Å². The van der Waals surface area contributed by atoms with Crippen molar-refractivity contribution in [2.24, 2.45) is 5.92 Å². The number of halogens is 2. The molecule has 0 saturated carbocycles. The van der Waals surface area contributed by atoms with Gasteiger partial charge in [0.05, 0.1) is 11.7 Å². The molecule has 5 nitrogen and oxygen atoms in total. The second kappa shape index (κ2) is 9.12. The first-order valence-electron chi connectivity index (χ1n) is 9.58. The Labute approximate surface area is 171 Å². The molecule has 0 N–H and O–H groups in total. The van der Waals surface area contributed by atoms with Crippen LogP contribution in [0.2, 0.25) is 10.0 Å². The maximum absolute atomic E-state index is 12.9. The molecule has 0 spiro atoms. The average molecular weight is 433 g/mol. The van der Waals surface area contributed by atoms with E-state index in [-0.39, 0.29) is 24.1 Å². The fraction of sp³-hybridized carbons (Fsp3) is 0.632. The lowest BCUT2D eigenvalue weighted by atomic mass is 9.98. The van der Waals surface area contributed by atoms with E-state index in [0.29, 0.717) is 28.6 Å². The molecule has 8 heteroatoms. The van der Waals surface area contributed by atoms with E-state index in [2.05, 4.69) is 0 Å². The van der Waals surface area contributed by atoms with E-state index in [1.54, 1.807) is 18.2 Å². The van der Waals surface area contributed by atoms with Gasteiger partial charge in [0.2, 0.25) is 15.9 Å². The molecule has 2 aliphatic heterocycles. The highest BCUT2D eigenvalue weighted by molar-refractivity contribution is 7.88. The molecule has 0 radical (unpaired) electrons. The minimum atomic E-state index is -3.59. The first-order valence-corrected chi connectivity index (χ1v) is 11.9. The maximum atomic E-state index is 12.9. The van der Waals surface area contributed by atoms with Crippen LogP contribution in [-0.2, 0) is 20.6 Å². The van der Waals surface area contributed by atoms with E-state index in [0.717, 1.165) is 45.2 Å². The summed E-state index contributed by atoms with van der Waals surface area (Å²) in [5.74, 6) is -0.392. The fourth-order valence-corrected chi connectivity index (χ4v) is 6.25. The van der Waals surface area contributed by atoms with Crippen molar-refractivity contribution < 1.29 is 13.2 Å². The van der Waals surface area contributed by atoms with Crippen molar-refractivity contribution in [3.63, 3.8) is 0 Å². The third kappa shape index (κ3) is 5.17. The molecule has 2 fully saturated rings. The molecule has 150 valence electrons. The molecule has 27 heavy (non-hydrogen) atoms. The topological polar surface area (TPSA) is 57.7 Å². The van der Waals surface area contributed by atoms with Gasteiger partial charge in [0.1, 0.15) is 0 Å². The van der Waals surface area contributed by atoms with Crippen LogP contribution in [-0.4, -0.2) is 49.7 Å². The third-order valence-electron chi connectivity index (χ3n) is 5.43. The quantitative estimate of drug-likeness (QED) is 0.723. The van der Waals surface area contributed by atoms with Crippen LogP contribution in [0.5, 0.6) is 0 Å². The van der Waals surface area contributed by atoms with Crippen LogP contribution in [0, 0.1) is 5.92 Å². The summed E-state index contributed by atoms with van der Waals surface area (Å²) in [5, 5.41) is 0.695. The monoisotopic (exact) mass is 432 g/mol. The largest absolute Gasteiger partial charge is 0.342 e. The second-order valence-corrected chi connectivity index (χ2v) is 10.2. The number of hydrogen-bond acceptors (Lipinski definition) is 3. The van der Waals surface area contributed by atoms with Crippen molar-refractivity contribution in [3.05, 3.63) is 33.8 Å². The predicted molar refractivity (Wildman–Crippen MR) is 108 cm³/mol. The molecule has 0 aromatic heterocycles. The van der Waals surface area contributed by atoms with Gasteiger partial charge < -0.3 is 4.90 Å². The van der Waals surface area contributed by atoms with Gasteiger partial charge in [-0.2, -0.15) is 0 Å². The number of benzene rings is 1. The van der Waals surface area contributed by atoms with E-state index in [4.69, 9.17) is 23.2 Å². The van der Waals surface area contributed by atoms with Gasteiger partial charge >= 0.3 is 0 Å². The van der Waals surface area contributed by atoms with Crippen LogP contribution in [0.3, 0.4) is 0 Å². The van der Waals surface area contributed by atoms with Crippen LogP contribution in [0.15, 0.2) is 18.2 Å². The summed E-state index contributed by atoms with van der Waals surface area (Å²) < 4.78 is 27.3. The zero-order chi connectivity index (χ0) is 19.4. The van der Waals surface area contributed by atoms with E-state index >= 15 is 0 Å². The molecule has 2 aliphatic rings. The first kappa shape index (κ1) is 20.9. The standard InChI is InChI=1S/C19H26Cl2N2O3S/c20-17-8-5-9-18(21)16(17)14-27(25,26)23-12-6-7-15(13-23)19(24)22-10-3-1-2-4-11-22/h5,8-9,15H,1-4,6-7,10-14H2/t15-/m0/s1. The zero-order valence-corrected chi connectivity index (χ0v) is 17.7. The SMILES string of the molecule is O=C([C@H]1CCCN(S(=O)(=O)Cc2c(Cl)cccc2Cl)C1)N1CCCCCC1. The number of likely N-dealkylation sites (tertiary alicyclic amines) is 1. The van der Waals surface area contributed by atoms with Crippen molar-refractivity contribution in [1.82, 2.24) is 9.21 Å². The van der Waals surface area contributed by atoms with Crippen LogP contribution < -0.4 is 0 Å². The lowest BCUT2D eigenvalue weighted by Crippen LogP contribution is -2.47. The predicted octanol–water partition coefficient (Wildman–Crippen LogP) is 3.94. The van der Waals surface area contributed by atoms with E-state index in [1.165, 1.54) is 4.31 Å². The fourth-order valence-electron chi connectivity index (χ4n) is 3.89. The van der Waals surface area contributed by atoms with Gasteiger partial charge in [-0.05, 0) is 37.8 Å². The van der Waals surface area contributed by atoms with Crippen molar-refractivity contribution >= 4 is 39.1 Å². The summed E-state index contributed by atoms with van der Waals surface area (Å²) in [6.45, 7) is 2.27. The second-order valence-electron chi connectivity index (χ2n) is 7.39. The van der Waals surface area contributed by atoms with Gasteiger partial charge in [-0.1, -0.05) is 42.1 Å². The Kier molecular flexibility index (Phi) is 7.06. The number of rotatable bonds is 4. The Hall–Kier alpha value is -0.820.